The molecule has 0 amide bonds. The zero-order chi connectivity index (χ0) is 14.9. The molecule has 0 aromatic carbocycles. The summed E-state index contributed by atoms with van der Waals surface area (Å²) in [7, 11) is 0. The second-order valence-corrected chi connectivity index (χ2v) is 6.19. The standard InChI is InChI=1S/C15H19F3N2O.ClH/c16-15(17,18)12-2-1-3-13(20-12)21-10-11-8-14(9-11)4-6-19-7-5-14;/h1-3,11,19H,4-10H2;1H. The van der Waals surface area contributed by atoms with E-state index in [0.29, 0.717) is 17.9 Å². The molecule has 2 aliphatic rings. The lowest BCUT2D eigenvalue weighted by Gasteiger charge is -2.50. The van der Waals surface area contributed by atoms with E-state index in [4.69, 9.17) is 4.74 Å². The minimum Gasteiger partial charge on any atom is -0.477 e. The van der Waals surface area contributed by atoms with Gasteiger partial charge in [0, 0.05) is 6.07 Å². The van der Waals surface area contributed by atoms with Crippen molar-refractivity contribution in [3.63, 3.8) is 0 Å². The summed E-state index contributed by atoms with van der Waals surface area (Å²) < 4.78 is 43.1. The van der Waals surface area contributed by atoms with Crippen molar-refractivity contribution in [2.24, 2.45) is 11.3 Å². The van der Waals surface area contributed by atoms with Crippen LogP contribution in [-0.4, -0.2) is 24.7 Å². The van der Waals surface area contributed by atoms with E-state index in [1.165, 1.54) is 25.0 Å². The highest BCUT2D eigenvalue weighted by Gasteiger charge is 2.44. The summed E-state index contributed by atoms with van der Waals surface area (Å²) in [5.41, 5.74) is -0.441. The van der Waals surface area contributed by atoms with Crippen molar-refractivity contribution in [3.05, 3.63) is 23.9 Å². The molecule has 3 nitrogen and oxygen atoms in total. The maximum atomic E-state index is 12.6. The minimum absolute atomic E-state index is 0. The number of ether oxygens (including phenoxy) is 1. The zero-order valence-corrected chi connectivity index (χ0v) is 13.0. The number of nitrogens with zero attached hydrogens (tertiary/aromatic N) is 1. The Hall–Kier alpha value is -1.01. The van der Waals surface area contributed by atoms with Crippen LogP contribution in [0.1, 0.15) is 31.4 Å². The van der Waals surface area contributed by atoms with E-state index in [9.17, 15) is 13.2 Å². The molecule has 1 saturated heterocycles. The van der Waals surface area contributed by atoms with Crippen molar-refractivity contribution in [3.8, 4) is 5.88 Å². The van der Waals surface area contributed by atoms with Crippen LogP contribution in [0.2, 0.25) is 0 Å². The van der Waals surface area contributed by atoms with E-state index in [2.05, 4.69) is 10.3 Å². The van der Waals surface area contributed by atoms with Crippen LogP contribution in [0, 0.1) is 11.3 Å². The number of rotatable bonds is 3. The van der Waals surface area contributed by atoms with E-state index < -0.39 is 11.9 Å². The molecule has 22 heavy (non-hydrogen) atoms. The molecule has 1 spiro atoms. The van der Waals surface area contributed by atoms with Gasteiger partial charge in [0.1, 0.15) is 5.69 Å². The Morgan fingerprint density at radius 2 is 1.91 bits per heavy atom. The van der Waals surface area contributed by atoms with E-state index in [0.717, 1.165) is 32.0 Å². The predicted octanol–water partition coefficient (Wildman–Crippen LogP) is 3.68. The number of alkyl halides is 3. The topological polar surface area (TPSA) is 34.1 Å². The molecule has 2 heterocycles. The van der Waals surface area contributed by atoms with E-state index >= 15 is 0 Å². The van der Waals surface area contributed by atoms with Crippen molar-refractivity contribution in [1.82, 2.24) is 10.3 Å². The van der Waals surface area contributed by atoms with Gasteiger partial charge in [-0.15, -0.1) is 12.4 Å². The maximum absolute atomic E-state index is 12.6. The van der Waals surface area contributed by atoms with Crippen molar-refractivity contribution < 1.29 is 17.9 Å². The molecule has 2 fully saturated rings. The smallest absolute Gasteiger partial charge is 0.433 e. The second-order valence-electron chi connectivity index (χ2n) is 6.19. The van der Waals surface area contributed by atoms with E-state index in [-0.39, 0.29) is 18.3 Å². The van der Waals surface area contributed by atoms with Gasteiger partial charge in [0.05, 0.1) is 6.61 Å². The van der Waals surface area contributed by atoms with Gasteiger partial charge in [-0.1, -0.05) is 6.07 Å². The third-order valence-electron chi connectivity index (χ3n) is 4.59. The van der Waals surface area contributed by atoms with Crippen molar-refractivity contribution in [2.75, 3.05) is 19.7 Å². The molecule has 124 valence electrons. The fraction of sp³-hybridized carbons (Fsp3) is 0.667. The molecule has 1 aliphatic carbocycles. The molecule has 1 aromatic heterocycles. The quantitative estimate of drug-likeness (QED) is 0.914. The fourth-order valence-corrected chi connectivity index (χ4v) is 3.50. The van der Waals surface area contributed by atoms with Crippen LogP contribution in [-0.2, 0) is 6.18 Å². The molecule has 3 rings (SSSR count). The summed E-state index contributed by atoms with van der Waals surface area (Å²) in [6.45, 7) is 2.61. The Morgan fingerprint density at radius 3 is 2.55 bits per heavy atom. The molecule has 0 radical (unpaired) electrons. The Balaban J connectivity index is 0.00000176. The van der Waals surface area contributed by atoms with Gasteiger partial charge >= 0.3 is 6.18 Å². The average Bonchev–Trinajstić information content (AvgIpc) is 2.43. The molecular weight excluding hydrogens is 317 g/mol. The van der Waals surface area contributed by atoms with Gasteiger partial charge in [-0.05, 0) is 56.2 Å². The van der Waals surface area contributed by atoms with Crippen molar-refractivity contribution in [1.29, 1.82) is 0 Å². The predicted molar refractivity (Wildman–Crippen MR) is 79.2 cm³/mol. The highest BCUT2D eigenvalue weighted by molar-refractivity contribution is 5.85. The highest BCUT2D eigenvalue weighted by Crippen LogP contribution is 2.51. The molecule has 7 heteroatoms. The van der Waals surface area contributed by atoms with Crippen molar-refractivity contribution in [2.45, 2.75) is 31.9 Å². The molecule has 1 aromatic rings. The lowest BCUT2D eigenvalue weighted by Crippen LogP contribution is -2.46. The molecule has 0 atom stereocenters. The first-order chi connectivity index (χ1) is 9.97. The summed E-state index contributed by atoms with van der Waals surface area (Å²) in [5.74, 6) is 0.510. The normalized spacial score (nSPS) is 21.0. The molecule has 1 saturated carbocycles. The highest BCUT2D eigenvalue weighted by atomic mass is 35.5. The van der Waals surface area contributed by atoms with Crippen LogP contribution in [0.15, 0.2) is 18.2 Å². The molecule has 0 unspecified atom stereocenters. The summed E-state index contributed by atoms with van der Waals surface area (Å²) in [6.07, 6.45) is 0.215. The fourth-order valence-electron chi connectivity index (χ4n) is 3.50. The zero-order valence-electron chi connectivity index (χ0n) is 12.2. The third kappa shape index (κ3) is 3.84. The van der Waals surface area contributed by atoms with Gasteiger partial charge in [-0.2, -0.15) is 13.2 Å². The summed E-state index contributed by atoms with van der Waals surface area (Å²) in [6, 6.07) is 3.77. The second kappa shape index (κ2) is 6.62. The van der Waals surface area contributed by atoms with Crippen LogP contribution in [0.3, 0.4) is 0 Å². The van der Waals surface area contributed by atoms with E-state index in [1.807, 2.05) is 0 Å². The van der Waals surface area contributed by atoms with Gasteiger partial charge in [-0.3, -0.25) is 0 Å². The first-order valence-corrected chi connectivity index (χ1v) is 7.35. The minimum atomic E-state index is -4.42. The van der Waals surface area contributed by atoms with Crippen LogP contribution in [0.5, 0.6) is 5.88 Å². The first-order valence-electron chi connectivity index (χ1n) is 7.35. The number of halogens is 4. The number of aromatic nitrogens is 1. The lowest BCUT2D eigenvalue weighted by molar-refractivity contribution is -0.141. The summed E-state index contributed by atoms with van der Waals surface area (Å²) in [5, 5.41) is 3.35. The number of pyridine rings is 1. The Morgan fingerprint density at radius 1 is 1.23 bits per heavy atom. The SMILES string of the molecule is Cl.FC(F)(F)c1cccc(OCC2CC3(CCNCC3)C2)n1. The monoisotopic (exact) mass is 336 g/mol. The molecule has 1 aliphatic heterocycles. The lowest BCUT2D eigenvalue weighted by atomic mass is 9.58. The summed E-state index contributed by atoms with van der Waals surface area (Å²) >= 11 is 0. The van der Waals surface area contributed by atoms with Gasteiger partial charge in [0.15, 0.2) is 0 Å². The summed E-state index contributed by atoms with van der Waals surface area (Å²) in [4.78, 5) is 3.52. The number of nitrogens with one attached hydrogen (secondary N) is 1. The van der Waals surface area contributed by atoms with Crippen LogP contribution in [0.4, 0.5) is 13.2 Å². The van der Waals surface area contributed by atoms with Gasteiger partial charge < -0.3 is 10.1 Å². The van der Waals surface area contributed by atoms with Gasteiger partial charge in [0.25, 0.3) is 0 Å². The largest absolute Gasteiger partial charge is 0.477 e. The Kier molecular flexibility index (Phi) is 5.22. The molecule has 0 bridgehead atoms. The van der Waals surface area contributed by atoms with Crippen LogP contribution >= 0.6 is 12.4 Å². The average molecular weight is 337 g/mol. The van der Waals surface area contributed by atoms with Gasteiger partial charge in [0.2, 0.25) is 5.88 Å². The number of hydrogen-bond donors (Lipinski definition) is 1. The molecular formula is C15H20ClF3N2O. The maximum Gasteiger partial charge on any atom is 0.433 e. The Bertz CT molecular complexity index is 496. The van der Waals surface area contributed by atoms with Crippen LogP contribution < -0.4 is 10.1 Å². The first kappa shape index (κ1) is 17.3. The van der Waals surface area contributed by atoms with Crippen molar-refractivity contribution >= 4 is 12.4 Å². The third-order valence-corrected chi connectivity index (χ3v) is 4.59. The molecule has 1 N–H and O–H groups in total. The van der Waals surface area contributed by atoms with Crippen LogP contribution in [0.25, 0.3) is 0 Å². The van der Waals surface area contributed by atoms with Gasteiger partial charge in [-0.25, -0.2) is 4.98 Å². The van der Waals surface area contributed by atoms with E-state index in [1.54, 1.807) is 0 Å². The number of piperidine rings is 1. The number of hydrogen-bond acceptors (Lipinski definition) is 3. The Labute approximate surface area is 134 Å².